The number of nitro benzene ring substituents is 1. The Kier molecular flexibility index (Phi) is 7.70. The maximum absolute atomic E-state index is 12.5. The van der Waals surface area contributed by atoms with Crippen LogP contribution in [0.25, 0.3) is 0 Å². The van der Waals surface area contributed by atoms with E-state index >= 15 is 0 Å². The van der Waals surface area contributed by atoms with E-state index in [1.807, 2.05) is 0 Å². The van der Waals surface area contributed by atoms with Crippen LogP contribution < -0.4 is 10.6 Å². The Morgan fingerprint density at radius 2 is 1.77 bits per heavy atom. The topological polar surface area (TPSA) is 139 Å². The minimum Gasteiger partial charge on any atom is -0.478 e. The smallest absolute Gasteiger partial charge is 0.328 e. The highest BCUT2D eigenvalue weighted by Gasteiger charge is 2.17. The van der Waals surface area contributed by atoms with Gasteiger partial charge in [0.05, 0.1) is 15.9 Å². The first kappa shape index (κ1) is 22.6. The van der Waals surface area contributed by atoms with Gasteiger partial charge >= 0.3 is 5.97 Å². The van der Waals surface area contributed by atoms with E-state index in [-0.39, 0.29) is 11.6 Å². The van der Waals surface area contributed by atoms with Crippen molar-refractivity contribution in [3.63, 3.8) is 0 Å². The minimum absolute atomic E-state index is 0.105. The fourth-order valence-electron chi connectivity index (χ4n) is 2.30. The number of benzene rings is 2. The van der Waals surface area contributed by atoms with Gasteiger partial charge in [0.2, 0.25) is 11.8 Å². The lowest BCUT2D eigenvalue weighted by Gasteiger charge is -2.14. The zero-order valence-corrected chi connectivity index (χ0v) is 16.9. The highest BCUT2D eigenvalue weighted by Crippen LogP contribution is 2.27. The fourth-order valence-corrected chi connectivity index (χ4v) is 3.17. The minimum atomic E-state index is -1.22. The van der Waals surface area contributed by atoms with Gasteiger partial charge in [0.1, 0.15) is 0 Å². The molecule has 2 aromatic carbocycles. The molecule has 9 nitrogen and oxygen atoms in total. The van der Waals surface area contributed by atoms with Crippen molar-refractivity contribution in [2.75, 3.05) is 10.6 Å². The number of rotatable bonds is 8. The van der Waals surface area contributed by atoms with Crippen molar-refractivity contribution in [1.82, 2.24) is 0 Å². The van der Waals surface area contributed by atoms with Gasteiger partial charge in [-0.05, 0) is 43.7 Å². The molecule has 156 valence electrons. The molecule has 30 heavy (non-hydrogen) atoms. The van der Waals surface area contributed by atoms with E-state index in [2.05, 4.69) is 10.6 Å². The van der Waals surface area contributed by atoms with Crippen LogP contribution in [0.5, 0.6) is 0 Å². The highest BCUT2D eigenvalue weighted by molar-refractivity contribution is 8.00. The van der Waals surface area contributed by atoms with Crippen LogP contribution in [0.1, 0.15) is 12.5 Å². The first-order chi connectivity index (χ1) is 14.2. The Labute approximate surface area is 176 Å². The Hall–Kier alpha value is -3.66. The number of hydrogen-bond acceptors (Lipinski definition) is 6. The molecule has 2 aromatic rings. The molecule has 2 rings (SSSR count). The maximum Gasteiger partial charge on any atom is 0.328 e. The number of amides is 2. The van der Waals surface area contributed by atoms with Gasteiger partial charge in [0, 0.05) is 34.9 Å². The lowest BCUT2D eigenvalue weighted by molar-refractivity contribution is -0.384. The lowest BCUT2D eigenvalue weighted by atomic mass is 10.2. The summed E-state index contributed by atoms with van der Waals surface area (Å²) in [4.78, 5) is 45.6. The van der Waals surface area contributed by atoms with E-state index in [4.69, 9.17) is 5.11 Å². The zero-order chi connectivity index (χ0) is 22.3. The normalized spacial score (nSPS) is 11.7. The van der Waals surface area contributed by atoms with E-state index in [1.54, 1.807) is 44.2 Å². The monoisotopic (exact) mass is 429 g/mol. The van der Waals surface area contributed by atoms with Crippen molar-refractivity contribution in [2.24, 2.45) is 0 Å². The molecule has 0 bridgehead atoms. The number of carboxylic acid groups (broad SMARTS) is 1. The average molecular weight is 429 g/mol. The molecule has 0 aliphatic rings. The Balaban J connectivity index is 1.97. The summed E-state index contributed by atoms with van der Waals surface area (Å²) in [5.41, 5.74) is 1.47. The standard InChI is InChI=1S/C20H19N3O6S/c1-12-3-6-15(23(28)29)11-17(12)22-20(27)13(2)30-16-7-4-14(5-8-16)21-18(24)9-10-19(25)26/h3-11,13H,1-2H3,(H,21,24)(H,22,27)(H,25,26)/b10-9+. The highest BCUT2D eigenvalue weighted by atomic mass is 32.2. The van der Waals surface area contributed by atoms with Crippen LogP contribution in [0.15, 0.2) is 59.5 Å². The molecule has 0 saturated heterocycles. The molecule has 3 N–H and O–H groups in total. The number of carboxylic acids is 1. The van der Waals surface area contributed by atoms with Crippen molar-refractivity contribution in [1.29, 1.82) is 0 Å². The van der Waals surface area contributed by atoms with Crippen LogP contribution in [0, 0.1) is 17.0 Å². The molecule has 0 spiro atoms. The summed E-state index contributed by atoms with van der Waals surface area (Å²) >= 11 is 1.28. The van der Waals surface area contributed by atoms with Gasteiger partial charge in [-0.15, -0.1) is 11.8 Å². The number of aliphatic carboxylic acids is 1. The van der Waals surface area contributed by atoms with Crippen LogP contribution in [-0.2, 0) is 14.4 Å². The molecule has 1 unspecified atom stereocenters. The third kappa shape index (κ3) is 6.74. The van der Waals surface area contributed by atoms with E-state index in [9.17, 15) is 24.5 Å². The molecule has 0 aromatic heterocycles. The van der Waals surface area contributed by atoms with Crippen LogP contribution in [-0.4, -0.2) is 33.1 Å². The van der Waals surface area contributed by atoms with Crippen molar-refractivity contribution in [3.05, 3.63) is 70.3 Å². The fraction of sp³-hybridized carbons (Fsp3) is 0.150. The predicted octanol–water partition coefficient (Wildman–Crippen LogP) is 3.60. The summed E-state index contributed by atoms with van der Waals surface area (Å²) < 4.78 is 0. The van der Waals surface area contributed by atoms with Gasteiger partial charge in [-0.1, -0.05) is 6.07 Å². The first-order valence-corrected chi connectivity index (χ1v) is 9.58. The Morgan fingerprint density at radius 1 is 1.10 bits per heavy atom. The summed E-state index contributed by atoms with van der Waals surface area (Å²) in [5, 5.41) is 24.2. The van der Waals surface area contributed by atoms with Crippen LogP contribution in [0.2, 0.25) is 0 Å². The summed E-state index contributed by atoms with van der Waals surface area (Å²) in [6.07, 6.45) is 1.65. The number of anilines is 2. The largest absolute Gasteiger partial charge is 0.478 e. The van der Waals surface area contributed by atoms with Crippen LogP contribution in [0.3, 0.4) is 0 Å². The Morgan fingerprint density at radius 3 is 2.37 bits per heavy atom. The molecule has 0 heterocycles. The Bertz CT molecular complexity index is 1000. The summed E-state index contributed by atoms with van der Waals surface area (Å²) in [6.45, 7) is 3.45. The molecule has 0 aliphatic heterocycles. The van der Waals surface area contributed by atoms with Gasteiger partial charge in [0.25, 0.3) is 5.69 Å². The van der Waals surface area contributed by atoms with Crippen LogP contribution in [0.4, 0.5) is 17.1 Å². The predicted molar refractivity (Wildman–Crippen MR) is 114 cm³/mol. The van der Waals surface area contributed by atoms with Crippen molar-refractivity contribution in [3.8, 4) is 0 Å². The number of aryl methyl sites for hydroxylation is 1. The second-order valence-corrected chi connectivity index (χ2v) is 7.61. The lowest BCUT2D eigenvalue weighted by Crippen LogP contribution is -2.22. The van der Waals surface area contributed by atoms with Crippen molar-refractivity contribution >= 4 is 46.6 Å². The molecule has 0 saturated carbocycles. The molecule has 0 fully saturated rings. The molecular formula is C20H19N3O6S. The first-order valence-electron chi connectivity index (χ1n) is 8.70. The number of carbonyl (C=O) groups is 3. The number of carbonyl (C=O) groups excluding carboxylic acids is 2. The van der Waals surface area contributed by atoms with Crippen molar-refractivity contribution < 1.29 is 24.4 Å². The van der Waals surface area contributed by atoms with Crippen LogP contribution >= 0.6 is 11.8 Å². The van der Waals surface area contributed by atoms with Gasteiger partial charge in [-0.2, -0.15) is 0 Å². The zero-order valence-electron chi connectivity index (χ0n) is 16.1. The third-order valence-electron chi connectivity index (χ3n) is 3.87. The maximum atomic E-state index is 12.5. The molecule has 2 amide bonds. The van der Waals surface area contributed by atoms with E-state index < -0.39 is 22.0 Å². The number of nitro groups is 1. The number of hydrogen-bond donors (Lipinski definition) is 3. The quantitative estimate of drug-likeness (QED) is 0.252. The van der Waals surface area contributed by atoms with Gasteiger partial charge in [-0.25, -0.2) is 4.79 Å². The van der Waals surface area contributed by atoms with E-state index in [0.29, 0.717) is 16.9 Å². The molecule has 10 heteroatoms. The average Bonchev–Trinajstić information content (AvgIpc) is 2.69. The second kappa shape index (κ2) is 10.2. The SMILES string of the molecule is Cc1ccc([N+](=O)[O-])cc1NC(=O)C(C)Sc1ccc(NC(=O)/C=C/C(=O)O)cc1. The number of thioether (sulfide) groups is 1. The number of nitrogens with zero attached hydrogens (tertiary/aromatic N) is 1. The third-order valence-corrected chi connectivity index (χ3v) is 4.98. The summed E-state index contributed by atoms with van der Waals surface area (Å²) in [5.74, 6) is -2.10. The second-order valence-electron chi connectivity index (χ2n) is 6.19. The summed E-state index contributed by atoms with van der Waals surface area (Å²) in [7, 11) is 0. The van der Waals surface area contributed by atoms with Gasteiger partial charge in [-0.3, -0.25) is 19.7 Å². The van der Waals surface area contributed by atoms with E-state index in [0.717, 1.165) is 17.0 Å². The molecule has 0 aliphatic carbocycles. The number of nitrogens with one attached hydrogen (secondary N) is 2. The van der Waals surface area contributed by atoms with Crippen molar-refractivity contribution in [2.45, 2.75) is 24.0 Å². The summed E-state index contributed by atoms with van der Waals surface area (Å²) in [6, 6.07) is 11.0. The molecule has 1 atom stereocenters. The van der Waals surface area contributed by atoms with E-state index in [1.165, 1.54) is 23.9 Å². The van der Waals surface area contributed by atoms with Gasteiger partial charge < -0.3 is 15.7 Å². The van der Waals surface area contributed by atoms with Gasteiger partial charge in [0.15, 0.2) is 0 Å². The molecular weight excluding hydrogens is 410 g/mol. The number of non-ortho nitro benzene ring substituents is 1. The molecule has 0 radical (unpaired) electrons.